The van der Waals surface area contributed by atoms with Crippen molar-refractivity contribution in [2.75, 3.05) is 0 Å². The van der Waals surface area contributed by atoms with Gasteiger partial charge in [0.15, 0.2) is 0 Å². The van der Waals surface area contributed by atoms with E-state index in [-0.39, 0.29) is 4.92 Å². The minimum atomic E-state index is -0.278. The molecule has 0 aliphatic heterocycles. The Morgan fingerprint density at radius 3 is 1.90 bits per heavy atom. The number of unbranched alkanes of at least 4 members (excludes halogenated alkanes) is 1. The van der Waals surface area contributed by atoms with Gasteiger partial charge in [-0.3, -0.25) is 0 Å². The van der Waals surface area contributed by atoms with Gasteiger partial charge in [-0.15, -0.1) is 0 Å². The summed E-state index contributed by atoms with van der Waals surface area (Å²) in [5, 5.41) is 0. The van der Waals surface area contributed by atoms with Crippen LogP contribution in [0.15, 0.2) is 0 Å². The van der Waals surface area contributed by atoms with Crippen LogP contribution in [0.3, 0.4) is 0 Å². The van der Waals surface area contributed by atoms with E-state index in [2.05, 4.69) is 59.9 Å². The van der Waals surface area contributed by atoms with Crippen LogP contribution in [-0.2, 0) is 9.72 Å². The van der Waals surface area contributed by atoms with E-state index in [1.165, 1.54) is 0 Å². The van der Waals surface area contributed by atoms with Crippen LogP contribution in [0, 0.1) is 0 Å². The monoisotopic (exact) mass is 514 g/mol. The molecule has 2 radical (unpaired) electrons. The summed E-state index contributed by atoms with van der Waals surface area (Å²) < 4.78 is 0. The number of hydrogen-bond acceptors (Lipinski definition) is 1. The SMILES string of the molecule is [B]CCCC=O.[I][V]([I])[I]. The van der Waals surface area contributed by atoms with E-state index in [0.717, 1.165) is 12.7 Å². The van der Waals surface area contributed by atoms with E-state index in [9.17, 15) is 4.79 Å². The quantitative estimate of drug-likeness (QED) is 0.245. The molecular weight excluding hydrogens is 507 g/mol. The van der Waals surface area contributed by atoms with E-state index in [1.54, 1.807) is 0 Å². The molecule has 0 aliphatic carbocycles. The van der Waals surface area contributed by atoms with Crippen LogP contribution in [0.4, 0.5) is 0 Å². The van der Waals surface area contributed by atoms with Gasteiger partial charge < -0.3 is 4.79 Å². The summed E-state index contributed by atoms with van der Waals surface area (Å²) in [6.07, 6.45) is 2.94. The first-order chi connectivity index (χ1) is 4.65. The molecule has 0 aliphatic rings. The molecule has 0 amide bonds. The summed E-state index contributed by atoms with van der Waals surface area (Å²) in [6, 6.07) is 0. The van der Waals surface area contributed by atoms with Gasteiger partial charge in [0.2, 0.25) is 0 Å². The van der Waals surface area contributed by atoms with Gasteiger partial charge in [0, 0.05) is 6.42 Å². The molecule has 10 heavy (non-hydrogen) atoms. The Balaban J connectivity index is 0. The van der Waals surface area contributed by atoms with Gasteiger partial charge in [-0.2, -0.15) is 0 Å². The number of carbonyl (C=O) groups is 1. The van der Waals surface area contributed by atoms with Crippen LogP contribution < -0.4 is 0 Å². The standard InChI is InChI=1S/C4H7BO.3HI.V/c5-3-1-2-4-6;;;;/h4H,1-3H2;3*1H;/q;;;;+3/p-3. The molecule has 1 nitrogen and oxygen atoms in total. The predicted molar refractivity (Wildman–Crippen MR) is 67.9 cm³/mol. The zero-order chi connectivity index (χ0) is 8.41. The zero-order valence-electron chi connectivity index (χ0n) is 5.27. The van der Waals surface area contributed by atoms with Gasteiger partial charge in [-0.25, -0.2) is 0 Å². The van der Waals surface area contributed by atoms with Gasteiger partial charge >= 0.3 is 64.9 Å². The van der Waals surface area contributed by atoms with Crippen molar-refractivity contribution in [2.24, 2.45) is 0 Å². The average molecular weight is 514 g/mol. The fraction of sp³-hybridized carbons (Fsp3) is 0.750. The molecule has 0 saturated carbocycles. The summed E-state index contributed by atoms with van der Waals surface area (Å²) >= 11 is 7.39. The van der Waals surface area contributed by atoms with Gasteiger partial charge in [0.25, 0.3) is 0 Å². The maximum atomic E-state index is 9.51. The maximum absolute atomic E-state index is 9.51. The Bertz CT molecular complexity index is 70.8. The third kappa shape index (κ3) is 31.3. The topological polar surface area (TPSA) is 17.1 Å². The molecule has 0 aromatic heterocycles. The van der Waals surface area contributed by atoms with Crippen molar-refractivity contribution in [1.82, 2.24) is 0 Å². The van der Waals surface area contributed by atoms with E-state index in [4.69, 9.17) is 7.85 Å². The molecule has 6 heteroatoms. The average Bonchev–Trinajstić information content (AvgIpc) is 1.82. The van der Waals surface area contributed by atoms with E-state index in [1.807, 2.05) is 0 Å². The first-order valence-electron chi connectivity index (χ1n) is 2.56. The molecule has 0 fully saturated rings. The summed E-state index contributed by atoms with van der Waals surface area (Å²) in [5.41, 5.74) is 0. The molecule has 0 aromatic carbocycles. The number of carbonyl (C=O) groups excluding carboxylic acids is 1. The molecule has 0 unspecified atom stereocenters. The number of hydrogen-bond donors (Lipinski definition) is 0. The van der Waals surface area contributed by atoms with Crippen LogP contribution in [0.2, 0.25) is 6.32 Å². The van der Waals surface area contributed by atoms with Crippen LogP contribution in [0.1, 0.15) is 12.8 Å². The Labute approximate surface area is 101 Å². The Morgan fingerprint density at radius 2 is 1.80 bits per heavy atom. The molecule has 0 bridgehead atoms. The molecule has 58 valence electrons. The summed E-state index contributed by atoms with van der Waals surface area (Å²) in [5.74, 6) is 0. The molecule has 0 saturated heterocycles. The molecular formula is C4H7BI3OV. The van der Waals surface area contributed by atoms with Crippen molar-refractivity contribution in [3.63, 3.8) is 0 Å². The number of rotatable bonds is 3. The zero-order valence-corrected chi connectivity index (χ0v) is 13.1. The third-order valence-corrected chi connectivity index (χ3v) is 0.526. The van der Waals surface area contributed by atoms with E-state index < -0.39 is 0 Å². The third-order valence-electron chi connectivity index (χ3n) is 0.526. The van der Waals surface area contributed by atoms with Gasteiger partial charge in [-0.05, 0) is 0 Å². The minimum absolute atomic E-state index is 0.278. The molecule has 0 atom stereocenters. The van der Waals surface area contributed by atoms with Gasteiger partial charge in [-0.1, -0.05) is 12.7 Å². The molecule has 0 heterocycles. The second kappa shape index (κ2) is 14.1. The first-order valence-corrected chi connectivity index (χ1v) is 16.1. The normalized spacial score (nSPS) is 8.40. The van der Waals surface area contributed by atoms with Crippen LogP contribution in [0.5, 0.6) is 0 Å². The van der Waals surface area contributed by atoms with Crippen molar-refractivity contribution in [1.29, 1.82) is 0 Å². The molecule has 0 rings (SSSR count). The van der Waals surface area contributed by atoms with Crippen molar-refractivity contribution in [3.05, 3.63) is 0 Å². The fourth-order valence-electron chi connectivity index (χ4n) is 0.201. The van der Waals surface area contributed by atoms with Crippen LogP contribution in [-0.4, -0.2) is 14.1 Å². The van der Waals surface area contributed by atoms with Crippen molar-refractivity contribution < 1.29 is 9.72 Å². The van der Waals surface area contributed by atoms with Crippen LogP contribution >= 0.6 is 59.9 Å². The van der Waals surface area contributed by atoms with Crippen LogP contribution in [0.25, 0.3) is 0 Å². The van der Waals surface area contributed by atoms with Gasteiger partial charge in [0.05, 0.1) is 7.85 Å². The predicted octanol–water partition coefficient (Wildman–Crippen LogP) is 3.21. The Morgan fingerprint density at radius 1 is 1.40 bits per heavy atom. The van der Waals surface area contributed by atoms with Gasteiger partial charge in [0.1, 0.15) is 6.29 Å². The molecule has 0 aromatic rings. The molecule has 0 spiro atoms. The first kappa shape index (κ1) is 15.0. The number of aldehydes is 1. The summed E-state index contributed by atoms with van der Waals surface area (Å²) in [7, 11) is 5.06. The Hall–Kier alpha value is 2.51. The van der Waals surface area contributed by atoms with E-state index >= 15 is 0 Å². The second-order valence-electron chi connectivity index (χ2n) is 1.29. The number of halogens is 3. The second-order valence-corrected chi connectivity index (χ2v) is 36.7. The van der Waals surface area contributed by atoms with Crippen molar-refractivity contribution >= 4 is 74.1 Å². The van der Waals surface area contributed by atoms with E-state index in [0.29, 0.717) is 12.7 Å². The fourth-order valence-corrected chi connectivity index (χ4v) is 0.201. The van der Waals surface area contributed by atoms with Crippen molar-refractivity contribution in [3.8, 4) is 0 Å². The summed E-state index contributed by atoms with van der Waals surface area (Å²) in [4.78, 5) is 9.23. The molecule has 0 N–H and O–H groups in total. The van der Waals surface area contributed by atoms with Crippen molar-refractivity contribution in [2.45, 2.75) is 19.2 Å². The Kier molecular flexibility index (Phi) is 21.1. The summed E-state index contributed by atoms with van der Waals surface area (Å²) in [6.45, 7) is 0.